The Labute approximate surface area is 209 Å². The standard InChI is InChI=1S/C24H23IO3.F6P/c1-17-8-12-19(13-9-17)25-22-7-5-4-6-21(22)24(2,3)18-10-14-20(15-11-18)28-16-23(26)27;1-7(2,3,4,5)6/h4-15H,16H2,1-3H3;/q;-1/p+1. The molecule has 0 radical (unpaired) electrons. The summed E-state index contributed by atoms with van der Waals surface area (Å²) in [5.41, 5.74) is 3.64. The molecular weight excluding hydrogens is 608 g/mol. The van der Waals surface area contributed by atoms with Gasteiger partial charge in [-0.15, -0.1) is 0 Å². The number of halogens is 7. The van der Waals surface area contributed by atoms with E-state index in [-0.39, 0.29) is 33.2 Å². The molecule has 0 spiro atoms. The van der Waals surface area contributed by atoms with Crippen molar-refractivity contribution in [2.24, 2.45) is 0 Å². The summed E-state index contributed by atoms with van der Waals surface area (Å²) < 4.78 is 67.3. The fourth-order valence-electron chi connectivity index (χ4n) is 3.03. The van der Waals surface area contributed by atoms with Crippen LogP contribution in [0.5, 0.6) is 5.75 Å². The molecule has 192 valence electrons. The van der Waals surface area contributed by atoms with Crippen molar-refractivity contribution in [1.29, 1.82) is 0 Å². The molecule has 0 fully saturated rings. The van der Waals surface area contributed by atoms with Crippen LogP contribution in [0.3, 0.4) is 0 Å². The Morgan fingerprint density at radius 3 is 1.91 bits per heavy atom. The monoisotopic (exact) mass is 632 g/mol. The van der Waals surface area contributed by atoms with Gasteiger partial charge in [-0.05, 0) is 42.8 Å². The van der Waals surface area contributed by atoms with Gasteiger partial charge in [0.1, 0.15) is 5.75 Å². The molecule has 0 amide bonds. The Morgan fingerprint density at radius 1 is 0.886 bits per heavy atom. The number of hydrogen-bond donors (Lipinski definition) is 1. The van der Waals surface area contributed by atoms with Crippen molar-refractivity contribution in [1.82, 2.24) is 0 Å². The van der Waals surface area contributed by atoms with Crippen molar-refractivity contribution in [3.8, 4) is 5.75 Å². The zero-order valence-corrected chi connectivity index (χ0v) is 22.0. The quantitative estimate of drug-likeness (QED) is 0.219. The zero-order chi connectivity index (χ0) is 26.6. The van der Waals surface area contributed by atoms with E-state index in [1.807, 2.05) is 24.3 Å². The summed E-state index contributed by atoms with van der Waals surface area (Å²) in [6.45, 7) is 6.26. The van der Waals surface area contributed by atoms with Gasteiger partial charge >= 0.3 is 60.2 Å². The van der Waals surface area contributed by atoms with E-state index in [1.54, 1.807) is 0 Å². The van der Waals surface area contributed by atoms with Crippen LogP contribution in [0.4, 0.5) is 25.2 Å². The first-order valence-corrected chi connectivity index (χ1v) is 14.3. The molecule has 0 aliphatic carbocycles. The van der Waals surface area contributed by atoms with E-state index >= 15 is 0 Å². The van der Waals surface area contributed by atoms with E-state index in [9.17, 15) is 30.0 Å². The van der Waals surface area contributed by atoms with E-state index in [0.717, 1.165) is 0 Å². The molecule has 0 saturated carbocycles. The van der Waals surface area contributed by atoms with Crippen LogP contribution in [0, 0.1) is 14.1 Å². The molecule has 3 aromatic carbocycles. The molecule has 0 atom stereocenters. The third-order valence-corrected chi connectivity index (χ3v) is 7.57. The molecule has 1 N–H and O–H groups in total. The fourth-order valence-corrected chi connectivity index (χ4v) is 5.95. The van der Waals surface area contributed by atoms with Gasteiger partial charge in [-0.1, -0.05) is 61.9 Å². The van der Waals surface area contributed by atoms with E-state index in [0.29, 0.717) is 5.75 Å². The number of carboxylic acids is 1. The summed E-state index contributed by atoms with van der Waals surface area (Å²) in [4.78, 5) is 10.7. The van der Waals surface area contributed by atoms with Gasteiger partial charge in [0.15, 0.2) is 13.7 Å². The van der Waals surface area contributed by atoms with Crippen LogP contribution in [0.15, 0.2) is 72.8 Å². The van der Waals surface area contributed by atoms with Gasteiger partial charge in [-0.25, -0.2) is 4.79 Å². The zero-order valence-electron chi connectivity index (χ0n) is 19.0. The molecule has 0 aliphatic rings. The second-order valence-electron chi connectivity index (χ2n) is 8.16. The van der Waals surface area contributed by atoms with Crippen molar-refractivity contribution < 1.29 is 61.0 Å². The number of ether oxygens (including phenoxy) is 1. The Kier molecular flexibility index (Phi) is 8.23. The molecule has 0 unspecified atom stereocenters. The minimum atomic E-state index is -10.7. The van der Waals surface area contributed by atoms with E-state index in [1.165, 1.54) is 23.8 Å². The first kappa shape index (κ1) is 28.9. The van der Waals surface area contributed by atoms with Gasteiger partial charge in [-0.2, -0.15) is 0 Å². The first-order valence-electron chi connectivity index (χ1n) is 10.1. The van der Waals surface area contributed by atoms with E-state index < -0.39 is 13.8 Å². The predicted molar refractivity (Wildman–Crippen MR) is 120 cm³/mol. The number of aryl methyl sites for hydroxylation is 1. The van der Waals surface area contributed by atoms with Crippen molar-refractivity contribution in [2.45, 2.75) is 26.2 Å². The van der Waals surface area contributed by atoms with E-state index in [4.69, 9.17) is 9.84 Å². The molecule has 0 bridgehead atoms. The number of hydrogen-bond acceptors (Lipinski definition) is 2. The van der Waals surface area contributed by atoms with Crippen LogP contribution < -0.4 is 25.9 Å². The Bertz CT molecular complexity index is 1150. The van der Waals surface area contributed by atoms with Gasteiger partial charge < -0.3 is 9.84 Å². The Hall–Kier alpha value is -2.33. The topological polar surface area (TPSA) is 46.5 Å². The van der Waals surface area contributed by atoms with Crippen LogP contribution in [-0.4, -0.2) is 17.7 Å². The molecule has 0 heterocycles. The number of carbonyl (C=O) groups is 1. The van der Waals surface area contributed by atoms with Crippen LogP contribution in [0.2, 0.25) is 0 Å². The summed E-state index contributed by atoms with van der Waals surface area (Å²) in [5.74, 6) is -0.402. The van der Waals surface area contributed by atoms with Gasteiger partial charge in [0.2, 0.25) is 0 Å². The van der Waals surface area contributed by atoms with Gasteiger partial charge in [0.25, 0.3) is 0 Å². The van der Waals surface area contributed by atoms with Crippen molar-refractivity contribution in [3.05, 3.63) is 96.6 Å². The molecule has 3 nitrogen and oxygen atoms in total. The third kappa shape index (κ3) is 11.3. The predicted octanol–water partition coefficient (Wildman–Crippen LogP) is 5.30. The maximum atomic E-state index is 10.7. The molecule has 11 heteroatoms. The summed E-state index contributed by atoms with van der Waals surface area (Å²) in [5, 5.41) is 8.75. The summed E-state index contributed by atoms with van der Waals surface area (Å²) in [6, 6.07) is 25.3. The number of aliphatic carboxylic acids is 1. The molecule has 3 rings (SSSR count). The van der Waals surface area contributed by atoms with Gasteiger partial charge in [-0.3, -0.25) is 0 Å². The van der Waals surface area contributed by atoms with Crippen LogP contribution in [0.1, 0.15) is 30.5 Å². The average Bonchev–Trinajstić information content (AvgIpc) is 2.72. The average molecular weight is 632 g/mol. The van der Waals surface area contributed by atoms with Crippen molar-refractivity contribution >= 4 is 13.8 Å². The number of benzene rings is 3. The second kappa shape index (κ2) is 9.97. The molecule has 35 heavy (non-hydrogen) atoms. The van der Waals surface area contributed by atoms with Crippen molar-refractivity contribution in [2.75, 3.05) is 6.61 Å². The normalized spacial score (nSPS) is 13.6. The Balaban J connectivity index is 0.000000540. The first-order chi connectivity index (χ1) is 15.8. The summed E-state index contributed by atoms with van der Waals surface area (Å²) in [7, 11) is -10.7. The van der Waals surface area contributed by atoms with Crippen LogP contribution >= 0.6 is 7.81 Å². The van der Waals surface area contributed by atoms with Crippen molar-refractivity contribution in [3.63, 3.8) is 0 Å². The summed E-state index contributed by atoms with van der Waals surface area (Å²) >= 11 is -0.274. The van der Waals surface area contributed by atoms with Gasteiger partial charge in [0.05, 0.1) is 0 Å². The van der Waals surface area contributed by atoms with Crippen LogP contribution in [-0.2, 0) is 10.2 Å². The number of carboxylic acid groups (broad SMARTS) is 1. The molecule has 3 aromatic rings. The molecule has 0 aliphatic heterocycles. The molecular formula is C24H24F6IO3P. The molecule has 0 saturated heterocycles. The van der Waals surface area contributed by atoms with Gasteiger partial charge in [0, 0.05) is 11.0 Å². The molecule has 0 aromatic heterocycles. The Morgan fingerprint density at radius 2 is 1.40 bits per heavy atom. The number of rotatable bonds is 7. The second-order valence-corrected chi connectivity index (χ2v) is 13.0. The minimum absolute atomic E-state index is 0.160. The maximum absolute atomic E-state index is 10.7. The third-order valence-electron chi connectivity index (χ3n) is 4.71. The summed E-state index contributed by atoms with van der Waals surface area (Å²) in [6.07, 6.45) is 0. The van der Waals surface area contributed by atoms with Crippen LogP contribution in [0.25, 0.3) is 0 Å². The van der Waals surface area contributed by atoms with E-state index in [2.05, 4.69) is 69.3 Å². The fraction of sp³-hybridized carbons (Fsp3) is 0.208. The SMILES string of the molecule is Cc1ccc([I+]c2ccccc2C(C)(C)c2ccc(OCC(=O)O)cc2)cc1.F[P-](F)(F)(F)(F)F.